The summed E-state index contributed by atoms with van der Waals surface area (Å²) >= 11 is 0. The molecule has 1 atom stereocenters. The van der Waals surface area contributed by atoms with Crippen LogP contribution >= 0.6 is 0 Å². The number of aryl methyl sites for hydroxylation is 2. The van der Waals surface area contributed by atoms with Gasteiger partial charge in [0.05, 0.1) is 4.90 Å². The van der Waals surface area contributed by atoms with Crippen molar-refractivity contribution in [1.29, 1.82) is 0 Å². The van der Waals surface area contributed by atoms with Crippen molar-refractivity contribution in [2.24, 2.45) is 0 Å². The number of hydrogen-bond acceptors (Lipinski definition) is 2. The zero-order valence-corrected chi connectivity index (χ0v) is 12.8. The normalized spacial score (nSPS) is 21.5. The number of sulfonamides is 1. The number of rotatable bonds is 3. The van der Waals surface area contributed by atoms with Crippen LogP contribution in [0.15, 0.2) is 23.1 Å². The Balaban J connectivity index is 2.37. The average molecular weight is 281 g/mol. The van der Waals surface area contributed by atoms with Gasteiger partial charge in [0.15, 0.2) is 0 Å². The molecule has 4 heteroatoms. The van der Waals surface area contributed by atoms with E-state index in [-0.39, 0.29) is 6.04 Å². The van der Waals surface area contributed by atoms with E-state index in [0.717, 1.165) is 36.8 Å². The summed E-state index contributed by atoms with van der Waals surface area (Å²) in [6.07, 6.45) is 3.99. The van der Waals surface area contributed by atoms with Gasteiger partial charge in [0, 0.05) is 12.6 Å². The van der Waals surface area contributed by atoms with E-state index in [9.17, 15) is 8.42 Å². The predicted molar refractivity (Wildman–Crippen MR) is 77.7 cm³/mol. The van der Waals surface area contributed by atoms with Gasteiger partial charge in [-0.2, -0.15) is 4.31 Å². The van der Waals surface area contributed by atoms with Gasteiger partial charge in [-0.1, -0.05) is 19.4 Å². The molecule has 0 aromatic heterocycles. The molecule has 0 aliphatic carbocycles. The summed E-state index contributed by atoms with van der Waals surface area (Å²) in [5.41, 5.74) is 2.16. The maximum absolute atomic E-state index is 12.7. The van der Waals surface area contributed by atoms with Gasteiger partial charge in [0.2, 0.25) is 10.0 Å². The van der Waals surface area contributed by atoms with Gasteiger partial charge in [-0.05, 0) is 56.4 Å². The van der Waals surface area contributed by atoms with Gasteiger partial charge < -0.3 is 0 Å². The molecular weight excluding hydrogens is 258 g/mol. The first-order chi connectivity index (χ1) is 8.96. The predicted octanol–water partition coefficient (Wildman–Crippen LogP) is 3.26. The Kier molecular flexibility index (Phi) is 4.31. The van der Waals surface area contributed by atoms with Crippen LogP contribution in [0.5, 0.6) is 0 Å². The van der Waals surface area contributed by atoms with Crippen molar-refractivity contribution in [3.05, 3.63) is 29.3 Å². The van der Waals surface area contributed by atoms with Crippen LogP contribution in [-0.2, 0) is 10.0 Å². The van der Waals surface area contributed by atoms with Crippen molar-refractivity contribution in [2.75, 3.05) is 6.54 Å². The first-order valence-electron chi connectivity index (χ1n) is 7.06. The number of hydrogen-bond donors (Lipinski definition) is 0. The number of nitrogens with zero attached hydrogens (tertiary/aromatic N) is 1. The van der Waals surface area contributed by atoms with Crippen LogP contribution in [0.25, 0.3) is 0 Å². The highest BCUT2D eigenvalue weighted by molar-refractivity contribution is 7.89. The molecule has 1 aromatic rings. The van der Waals surface area contributed by atoms with E-state index in [4.69, 9.17) is 0 Å². The van der Waals surface area contributed by atoms with Gasteiger partial charge in [-0.15, -0.1) is 0 Å². The fourth-order valence-electron chi connectivity index (χ4n) is 2.71. The standard InChI is InChI=1S/C15H23NO2S/c1-4-14-7-5-6-10-16(14)19(17,18)15-9-8-12(2)13(3)11-15/h8-9,11,14H,4-7,10H2,1-3H3/t14-/m0/s1. The fourth-order valence-corrected chi connectivity index (χ4v) is 4.56. The molecule has 3 nitrogen and oxygen atoms in total. The van der Waals surface area contributed by atoms with Crippen LogP contribution in [0, 0.1) is 13.8 Å². The monoisotopic (exact) mass is 281 g/mol. The largest absolute Gasteiger partial charge is 0.243 e. The minimum atomic E-state index is -3.33. The molecule has 0 saturated carbocycles. The molecule has 0 unspecified atom stereocenters. The van der Waals surface area contributed by atoms with Gasteiger partial charge in [-0.25, -0.2) is 8.42 Å². The third-order valence-electron chi connectivity index (χ3n) is 4.13. The molecule has 0 radical (unpaired) electrons. The van der Waals surface area contributed by atoms with Crippen LogP contribution < -0.4 is 0 Å². The molecule has 19 heavy (non-hydrogen) atoms. The van der Waals surface area contributed by atoms with Crippen LogP contribution in [0.3, 0.4) is 0 Å². The lowest BCUT2D eigenvalue weighted by molar-refractivity contribution is 0.246. The maximum Gasteiger partial charge on any atom is 0.243 e. The second kappa shape index (κ2) is 5.63. The first kappa shape index (κ1) is 14.5. The Morgan fingerprint density at radius 1 is 1.21 bits per heavy atom. The zero-order valence-electron chi connectivity index (χ0n) is 12.0. The van der Waals surface area contributed by atoms with E-state index in [0.29, 0.717) is 11.4 Å². The average Bonchev–Trinajstić information content (AvgIpc) is 2.41. The first-order valence-corrected chi connectivity index (χ1v) is 8.50. The molecule has 1 heterocycles. The van der Waals surface area contributed by atoms with Crippen molar-refractivity contribution >= 4 is 10.0 Å². The molecule has 1 saturated heterocycles. The summed E-state index contributed by atoms with van der Waals surface area (Å²) in [6.45, 7) is 6.69. The summed E-state index contributed by atoms with van der Waals surface area (Å²) in [5, 5.41) is 0. The Bertz CT molecular complexity index is 551. The fraction of sp³-hybridized carbons (Fsp3) is 0.600. The third kappa shape index (κ3) is 2.84. The van der Waals surface area contributed by atoms with Gasteiger partial charge >= 0.3 is 0 Å². The summed E-state index contributed by atoms with van der Waals surface area (Å²) in [6, 6.07) is 5.60. The Morgan fingerprint density at radius 3 is 2.58 bits per heavy atom. The van der Waals surface area contributed by atoms with Crippen LogP contribution in [0.1, 0.15) is 43.7 Å². The van der Waals surface area contributed by atoms with Crippen molar-refractivity contribution in [3.63, 3.8) is 0 Å². The van der Waals surface area contributed by atoms with Crippen molar-refractivity contribution in [2.45, 2.75) is 57.4 Å². The highest BCUT2D eigenvalue weighted by atomic mass is 32.2. The van der Waals surface area contributed by atoms with Crippen LogP contribution in [0.4, 0.5) is 0 Å². The topological polar surface area (TPSA) is 37.4 Å². The van der Waals surface area contributed by atoms with E-state index in [2.05, 4.69) is 6.92 Å². The van der Waals surface area contributed by atoms with E-state index in [1.807, 2.05) is 19.9 Å². The van der Waals surface area contributed by atoms with Gasteiger partial charge in [0.1, 0.15) is 0 Å². The lowest BCUT2D eigenvalue weighted by Gasteiger charge is -2.34. The van der Waals surface area contributed by atoms with E-state index < -0.39 is 10.0 Å². The third-order valence-corrected chi connectivity index (χ3v) is 6.08. The van der Waals surface area contributed by atoms with Crippen molar-refractivity contribution < 1.29 is 8.42 Å². The SMILES string of the molecule is CC[C@H]1CCCCN1S(=O)(=O)c1ccc(C)c(C)c1. The van der Waals surface area contributed by atoms with Crippen LogP contribution in [0.2, 0.25) is 0 Å². The molecular formula is C15H23NO2S. The highest BCUT2D eigenvalue weighted by Gasteiger charge is 2.32. The maximum atomic E-state index is 12.7. The molecule has 1 aliphatic rings. The minimum absolute atomic E-state index is 0.167. The lowest BCUT2D eigenvalue weighted by Crippen LogP contribution is -2.43. The molecule has 2 rings (SSSR count). The highest BCUT2D eigenvalue weighted by Crippen LogP contribution is 2.27. The molecule has 106 valence electrons. The van der Waals surface area contributed by atoms with E-state index in [1.54, 1.807) is 16.4 Å². The molecule has 0 spiro atoms. The molecule has 1 aromatic carbocycles. The summed E-state index contributed by atoms with van der Waals surface area (Å²) in [5.74, 6) is 0. The molecule has 1 fully saturated rings. The second-order valence-corrected chi connectivity index (χ2v) is 7.31. The Labute approximate surface area is 116 Å². The van der Waals surface area contributed by atoms with Crippen LogP contribution in [-0.4, -0.2) is 25.3 Å². The van der Waals surface area contributed by atoms with Gasteiger partial charge in [0.25, 0.3) is 0 Å². The summed E-state index contributed by atoms with van der Waals surface area (Å²) in [7, 11) is -3.33. The minimum Gasteiger partial charge on any atom is -0.207 e. The van der Waals surface area contributed by atoms with Crippen molar-refractivity contribution in [1.82, 2.24) is 4.31 Å². The summed E-state index contributed by atoms with van der Waals surface area (Å²) < 4.78 is 27.2. The second-order valence-electron chi connectivity index (χ2n) is 5.42. The number of piperidine rings is 1. The smallest absolute Gasteiger partial charge is 0.207 e. The Morgan fingerprint density at radius 2 is 1.95 bits per heavy atom. The quantitative estimate of drug-likeness (QED) is 0.853. The summed E-state index contributed by atoms with van der Waals surface area (Å²) in [4.78, 5) is 0.441. The number of benzene rings is 1. The van der Waals surface area contributed by atoms with E-state index >= 15 is 0 Å². The zero-order chi connectivity index (χ0) is 14.0. The van der Waals surface area contributed by atoms with Gasteiger partial charge in [-0.3, -0.25) is 0 Å². The lowest BCUT2D eigenvalue weighted by atomic mass is 10.0. The molecule has 0 N–H and O–H groups in total. The Hall–Kier alpha value is -0.870. The molecule has 0 amide bonds. The van der Waals surface area contributed by atoms with E-state index in [1.165, 1.54) is 0 Å². The molecule has 0 bridgehead atoms. The molecule has 1 aliphatic heterocycles. The van der Waals surface area contributed by atoms with Crippen molar-refractivity contribution in [3.8, 4) is 0 Å².